The molecule has 0 bridgehead atoms. The lowest BCUT2D eigenvalue weighted by atomic mass is 9.88. The fourth-order valence-electron chi connectivity index (χ4n) is 3.23. The molecule has 0 aromatic carbocycles. The molecule has 2 aliphatic rings. The summed E-state index contributed by atoms with van der Waals surface area (Å²) < 4.78 is 0. The fourth-order valence-corrected chi connectivity index (χ4v) is 3.83. The van der Waals surface area contributed by atoms with E-state index in [1.807, 2.05) is 17.3 Å². The number of amides is 2. The van der Waals surface area contributed by atoms with E-state index >= 15 is 0 Å². The molecule has 0 saturated carbocycles. The van der Waals surface area contributed by atoms with Crippen molar-refractivity contribution in [3.63, 3.8) is 0 Å². The minimum atomic E-state index is -0.833. The summed E-state index contributed by atoms with van der Waals surface area (Å²) in [5.41, 5.74) is 6.46. The summed E-state index contributed by atoms with van der Waals surface area (Å²) in [5.74, 6) is -0.185. The Balaban J connectivity index is 0.000000511. The molecule has 2 amide bonds. The highest BCUT2D eigenvalue weighted by Crippen LogP contribution is 2.32. The number of carboxylic acids is 1. The van der Waals surface area contributed by atoms with Gasteiger partial charge in [0.25, 0.3) is 5.97 Å². The van der Waals surface area contributed by atoms with Crippen molar-refractivity contribution >= 4 is 34.3 Å². The Morgan fingerprint density at radius 1 is 1.44 bits per heavy atom. The Morgan fingerprint density at radius 2 is 2.12 bits per heavy atom. The van der Waals surface area contributed by atoms with Gasteiger partial charge >= 0.3 is 0 Å². The quantitative estimate of drug-likeness (QED) is 0.810. The number of carbonyl (C=O) groups excluding carboxylic acids is 2. The van der Waals surface area contributed by atoms with E-state index in [4.69, 9.17) is 15.6 Å². The average Bonchev–Trinajstić information content (AvgIpc) is 3.15. The van der Waals surface area contributed by atoms with E-state index in [2.05, 4.69) is 4.98 Å². The number of fused-ring (bicyclic) bond motifs is 1. The monoisotopic (exact) mass is 368 g/mol. The Hall–Kier alpha value is -2.16. The molecule has 0 radical (unpaired) electrons. The molecular weight excluding hydrogens is 344 g/mol. The highest BCUT2D eigenvalue weighted by Gasteiger charge is 2.42. The lowest BCUT2D eigenvalue weighted by molar-refractivity contribution is -0.138. The molecule has 138 valence electrons. The number of carboxylic acid groups (broad SMARTS) is 1. The van der Waals surface area contributed by atoms with Crippen LogP contribution in [0, 0.1) is 11.8 Å². The second-order valence-corrected chi connectivity index (χ2v) is 7.30. The van der Waals surface area contributed by atoms with E-state index in [0.717, 1.165) is 32.1 Å². The summed E-state index contributed by atoms with van der Waals surface area (Å²) in [7, 11) is 1.84. The third kappa shape index (κ3) is 5.15. The van der Waals surface area contributed by atoms with Gasteiger partial charge in [0, 0.05) is 45.4 Å². The largest absolute Gasteiger partial charge is 0.481 e. The molecule has 8 nitrogen and oxygen atoms in total. The number of nitrogens with two attached hydrogens (primary N) is 1. The van der Waals surface area contributed by atoms with Gasteiger partial charge in [0.2, 0.25) is 11.8 Å². The van der Waals surface area contributed by atoms with Crippen LogP contribution in [0.3, 0.4) is 0 Å². The topological polar surface area (TPSA) is 117 Å². The molecule has 3 heterocycles. The van der Waals surface area contributed by atoms with Gasteiger partial charge in [-0.2, -0.15) is 0 Å². The zero-order chi connectivity index (χ0) is 18.6. The van der Waals surface area contributed by atoms with Crippen molar-refractivity contribution in [2.24, 2.45) is 11.8 Å². The second kappa shape index (κ2) is 8.28. The van der Waals surface area contributed by atoms with Crippen molar-refractivity contribution in [2.45, 2.75) is 26.2 Å². The van der Waals surface area contributed by atoms with Gasteiger partial charge in [-0.1, -0.05) is 0 Å². The second-order valence-electron chi connectivity index (χ2n) is 6.41. The van der Waals surface area contributed by atoms with Crippen LogP contribution in [-0.4, -0.2) is 64.4 Å². The van der Waals surface area contributed by atoms with Crippen LogP contribution in [0.15, 0.2) is 5.38 Å². The number of carbonyl (C=O) groups is 3. The van der Waals surface area contributed by atoms with Gasteiger partial charge in [0.1, 0.15) is 0 Å². The van der Waals surface area contributed by atoms with Crippen molar-refractivity contribution < 1.29 is 19.5 Å². The lowest BCUT2D eigenvalue weighted by Crippen LogP contribution is -2.42. The molecule has 2 atom stereocenters. The molecule has 0 unspecified atom stereocenters. The number of rotatable bonds is 3. The number of nitrogen functional groups attached to an aromatic ring is 1. The first-order valence-electron chi connectivity index (χ1n) is 8.20. The van der Waals surface area contributed by atoms with Crippen molar-refractivity contribution in [3.05, 3.63) is 11.1 Å². The van der Waals surface area contributed by atoms with Gasteiger partial charge in [-0.05, 0) is 18.8 Å². The van der Waals surface area contributed by atoms with E-state index in [0.29, 0.717) is 30.4 Å². The summed E-state index contributed by atoms with van der Waals surface area (Å²) in [5, 5.41) is 9.85. The molecule has 9 heteroatoms. The van der Waals surface area contributed by atoms with E-state index in [1.165, 1.54) is 11.3 Å². The van der Waals surface area contributed by atoms with Crippen molar-refractivity contribution in [2.75, 3.05) is 32.4 Å². The summed E-state index contributed by atoms with van der Waals surface area (Å²) >= 11 is 1.40. The van der Waals surface area contributed by atoms with E-state index in [-0.39, 0.29) is 17.7 Å². The van der Waals surface area contributed by atoms with Gasteiger partial charge in [0.05, 0.1) is 11.6 Å². The zero-order valence-electron chi connectivity index (χ0n) is 14.5. The van der Waals surface area contributed by atoms with Crippen LogP contribution >= 0.6 is 11.3 Å². The highest BCUT2D eigenvalue weighted by atomic mass is 32.1. The van der Waals surface area contributed by atoms with E-state index in [9.17, 15) is 9.59 Å². The van der Waals surface area contributed by atoms with Crippen LogP contribution in [0.5, 0.6) is 0 Å². The minimum absolute atomic E-state index is 0.00242. The summed E-state index contributed by atoms with van der Waals surface area (Å²) in [6.45, 7) is 3.19. The summed E-state index contributed by atoms with van der Waals surface area (Å²) in [6, 6.07) is 0. The summed E-state index contributed by atoms with van der Waals surface area (Å²) in [4.78, 5) is 41.2. The predicted molar refractivity (Wildman–Crippen MR) is 94.0 cm³/mol. The number of hydrogen-bond acceptors (Lipinski definition) is 6. The van der Waals surface area contributed by atoms with Gasteiger partial charge in [-0.15, -0.1) is 11.3 Å². The first kappa shape index (κ1) is 19.2. The highest BCUT2D eigenvalue weighted by molar-refractivity contribution is 7.13. The standard InChI is InChI=1S/C14H20N4O2S.C2H4O2/c1-17-5-4-9-6-18(7-11(9)13(17)20)12(19)3-2-10-8-21-14(15)16-10;1-2(3)4/h8-9,11H,2-7H2,1H3,(H2,15,16);1H3,(H,3,4)/t9-,11+;/m1./s1. The van der Waals surface area contributed by atoms with Gasteiger partial charge in [-0.25, -0.2) is 4.98 Å². The van der Waals surface area contributed by atoms with Gasteiger partial charge in [-0.3, -0.25) is 14.4 Å². The number of thiazole rings is 1. The van der Waals surface area contributed by atoms with E-state index in [1.54, 1.807) is 4.90 Å². The molecule has 2 aliphatic heterocycles. The number of piperidine rings is 1. The number of hydrogen-bond donors (Lipinski definition) is 2. The first-order chi connectivity index (χ1) is 11.8. The third-order valence-electron chi connectivity index (χ3n) is 4.49. The smallest absolute Gasteiger partial charge is 0.300 e. The van der Waals surface area contributed by atoms with Crippen molar-refractivity contribution in [1.29, 1.82) is 0 Å². The maximum Gasteiger partial charge on any atom is 0.300 e. The predicted octanol–water partition coefficient (Wildman–Crippen LogP) is 0.685. The van der Waals surface area contributed by atoms with Crippen LogP contribution in [0.2, 0.25) is 0 Å². The lowest BCUT2D eigenvalue weighted by Gasteiger charge is -2.30. The number of anilines is 1. The minimum Gasteiger partial charge on any atom is -0.481 e. The Morgan fingerprint density at radius 3 is 2.72 bits per heavy atom. The van der Waals surface area contributed by atoms with Crippen LogP contribution in [-0.2, 0) is 20.8 Å². The molecule has 2 saturated heterocycles. The molecule has 3 N–H and O–H groups in total. The van der Waals surface area contributed by atoms with Crippen molar-refractivity contribution in [3.8, 4) is 0 Å². The fraction of sp³-hybridized carbons (Fsp3) is 0.625. The van der Waals surface area contributed by atoms with Crippen LogP contribution in [0.4, 0.5) is 5.13 Å². The molecular formula is C16H24N4O4S. The Bertz CT molecular complexity index is 644. The number of nitrogens with zero attached hydrogens (tertiary/aromatic N) is 3. The molecule has 1 aromatic heterocycles. The van der Waals surface area contributed by atoms with Crippen molar-refractivity contribution in [1.82, 2.24) is 14.8 Å². The van der Waals surface area contributed by atoms with Crippen LogP contribution in [0.1, 0.15) is 25.5 Å². The molecule has 3 rings (SSSR count). The maximum absolute atomic E-state index is 12.3. The Labute approximate surface area is 150 Å². The molecule has 2 fully saturated rings. The normalized spacial score (nSPS) is 22.2. The van der Waals surface area contributed by atoms with Crippen LogP contribution in [0.25, 0.3) is 0 Å². The van der Waals surface area contributed by atoms with E-state index < -0.39 is 5.97 Å². The number of aromatic nitrogens is 1. The number of aliphatic carboxylic acids is 1. The number of likely N-dealkylation sites (tertiary alicyclic amines) is 2. The zero-order valence-corrected chi connectivity index (χ0v) is 15.3. The molecule has 25 heavy (non-hydrogen) atoms. The van der Waals surface area contributed by atoms with Gasteiger partial charge < -0.3 is 20.6 Å². The molecule has 1 aromatic rings. The maximum atomic E-state index is 12.3. The van der Waals surface area contributed by atoms with Gasteiger partial charge in [0.15, 0.2) is 5.13 Å². The SMILES string of the molecule is CC(=O)O.CN1CC[C@@H]2CN(C(=O)CCc3csc(N)n3)C[C@@H]2C1=O. The molecule has 0 spiro atoms. The Kier molecular flexibility index (Phi) is 6.35. The number of aryl methyl sites for hydroxylation is 1. The summed E-state index contributed by atoms with van der Waals surface area (Å²) in [6.07, 6.45) is 2.05. The molecule has 0 aliphatic carbocycles. The first-order valence-corrected chi connectivity index (χ1v) is 9.08. The van der Waals surface area contributed by atoms with Crippen LogP contribution < -0.4 is 5.73 Å². The average molecular weight is 368 g/mol. The third-order valence-corrected chi connectivity index (χ3v) is 5.21.